The second kappa shape index (κ2) is 5.68. The lowest BCUT2D eigenvalue weighted by molar-refractivity contribution is -0.0159. The van der Waals surface area contributed by atoms with Gasteiger partial charge in [-0.05, 0) is 100 Å². The maximum Gasteiger partial charge on any atom is 0.184 e. The minimum Gasteiger partial charge on any atom is -0.414 e. The molecule has 3 rings (SSSR count). The zero-order valence-electron chi connectivity index (χ0n) is 18.5. The van der Waals surface area contributed by atoms with Crippen LogP contribution >= 0.6 is 0 Å². The van der Waals surface area contributed by atoms with Crippen molar-refractivity contribution in [2.45, 2.75) is 104 Å². The Hall–Kier alpha value is 0.354. The summed E-state index contributed by atoms with van der Waals surface area (Å²) in [7, 11) is -3.08. The summed E-state index contributed by atoms with van der Waals surface area (Å²) < 4.78 is 13.7. The van der Waals surface area contributed by atoms with E-state index in [0.29, 0.717) is 17.4 Å². The molecule has 0 spiro atoms. The van der Waals surface area contributed by atoms with Crippen LogP contribution in [0, 0.1) is 28.6 Å². The van der Waals surface area contributed by atoms with Gasteiger partial charge in [0.2, 0.25) is 0 Å². The molecule has 4 heteroatoms. The first-order valence-corrected chi connectivity index (χ1v) is 17.3. The molecule has 0 unspecified atom stereocenters. The minimum absolute atomic E-state index is 0.0800. The summed E-state index contributed by atoms with van der Waals surface area (Å²) in [5.41, 5.74) is 0.816. The minimum atomic E-state index is -1.55. The summed E-state index contributed by atoms with van der Waals surface area (Å²) in [6.45, 7) is 24.1. The highest BCUT2D eigenvalue weighted by atomic mass is 28.4. The molecule has 0 saturated heterocycles. The first-order valence-electron chi connectivity index (χ1n) is 10.5. The number of hydrogen-bond acceptors (Lipinski definition) is 2. The monoisotopic (exact) mass is 382 g/mol. The van der Waals surface area contributed by atoms with E-state index in [4.69, 9.17) is 8.85 Å². The van der Waals surface area contributed by atoms with Gasteiger partial charge in [0.15, 0.2) is 16.6 Å². The molecule has 25 heavy (non-hydrogen) atoms. The van der Waals surface area contributed by atoms with Crippen molar-refractivity contribution < 1.29 is 8.85 Å². The molecule has 2 nitrogen and oxygen atoms in total. The zero-order chi connectivity index (χ0) is 19.1. The Balaban J connectivity index is 1.93. The van der Waals surface area contributed by atoms with Crippen molar-refractivity contribution in [3.63, 3.8) is 0 Å². The largest absolute Gasteiger partial charge is 0.414 e. The standard InChI is InChI=1S/C21H42O2Si2/c1-19(2)13-16-15(11-12-21(16,4)23-25(8,9)10)20(3)14-17(20)18(19)22-24(5,6)7/h15-18H,11-14H2,1-10H3/t15-,16+,17-,18-,20+,21-/m1/s1. The summed E-state index contributed by atoms with van der Waals surface area (Å²) in [5, 5.41) is 0. The van der Waals surface area contributed by atoms with E-state index in [-0.39, 0.29) is 11.0 Å². The number of hydrogen-bond donors (Lipinski definition) is 0. The smallest absolute Gasteiger partial charge is 0.184 e. The van der Waals surface area contributed by atoms with E-state index in [1.165, 1.54) is 25.7 Å². The van der Waals surface area contributed by atoms with E-state index in [1.807, 2.05) is 0 Å². The molecule has 3 aliphatic carbocycles. The molecule has 146 valence electrons. The van der Waals surface area contributed by atoms with Gasteiger partial charge in [0, 0.05) is 0 Å². The van der Waals surface area contributed by atoms with Crippen molar-refractivity contribution in [1.29, 1.82) is 0 Å². The molecule has 3 fully saturated rings. The molecule has 3 aliphatic rings. The first kappa shape index (κ1) is 20.1. The molecule has 0 N–H and O–H groups in total. The van der Waals surface area contributed by atoms with Crippen LogP contribution in [0.1, 0.15) is 53.4 Å². The Morgan fingerprint density at radius 3 is 1.88 bits per heavy atom. The summed E-state index contributed by atoms with van der Waals surface area (Å²) >= 11 is 0. The lowest BCUT2D eigenvalue weighted by Crippen LogP contribution is -2.47. The van der Waals surface area contributed by atoms with E-state index in [9.17, 15) is 0 Å². The van der Waals surface area contributed by atoms with Gasteiger partial charge in [-0.1, -0.05) is 20.8 Å². The van der Waals surface area contributed by atoms with Crippen LogP contribution < -0.4 is 0 Å². The van der Waals surface area contributed by atoms with Crippen LogP contribution in [0.15, 0.2) is 0 Å². The molecular weight excluding hydrogens is 340 g/mol. The second-order valence-corrected chi connectivity index (χ2v) is 21.3. The van der Waals surface area contributed by atoms with Crippen LogP contribution in [0.25, 0.3) is 0 Å². The lowest BCUT2D eigenvalue weighted by atomic mass is 9.72. The molecule has 6 atom stereocenters. The fraction of sp³-hybridized carbons (Fsp3) is 1.00. The van der Waals surface area contributed by atoms with Crippen LogP contribution in [-0.2, 0) is 8.85 Å². The molecule has 0 bridgehead atoms. The Labute approximate surface area is 158 Å². The average Bonchev–Trinajstić information content (AvgIpc) is 2.94. The number of rotatable bonds is 4. The maximum atomic E-state index is 6.86. The lowest BCUT2D eigenvalue weighted by Gasteiger charge is -2.44. The van der Waals surface area contributed by atoms with Crippen LogP contribution in [-0.4, -0.2) is 28.3 Å². The second-order valence-electron chi connectivity index (χ2n) is 12.4. The quantitative estimate of drug-likeness (QED) is 0.531. The van der Waals surface area contributed by atoms with Crippen LogP contribution in [0.4, 0.5) is 0 Å². The van der Waals surface area contributed by atoms with Crippen LogP contribution in [0.5, 0.6) is 0 Å². The SMILES string of the molecule is CC1(C)C[C@H]2[C@@H](CC[C@@]2(C)O[Si](C)(C)C)[C@]2(C)C[C@@H]2[C@H]1O[Si](C)(C)C. The molecule has 0 aliphatic heterocycles. The topological polar surface area (TPSA) is 18.5 Å². The predicted molar refractivity (Wildman–Crippen MR) is 112 cm³/mol. The molecular formula is C21H42O2Si2. The third kappa shape index (κ3) is 3.70. The summed E-state index contributed by atoms with van der Waals surface area (Å²) in [6.07, 6.45) is 5.68. The molecule has 0 heterocycles. The molecule has 3 saturated carbocycles. The Bertz CT molecular complexity index is 533. The van der Waals surface area contributed by atoms with Crippen LogP contribution in [0.3, 0.4) is 0 Å². The number of fused-ring (bicyclic) bond motifs is 3. The van der Waals surface area contributed by atoms with Gasteiger partial charge in [-0.25, -0.2) is 0 Å². The van der Waals surface area contributed by atoms with Gasteiger partial charge in [-0.2, -0.15) is 0 Å². The maximum absolute atomic E-state index is 6.86. The van der Waals surface area contributed by atoms with E-state index < -0.39 is 16.6 Å². The first-order chi connectivity index (χ1) is 11.1. The van der Waals surface area contributed by atoms with Gasteiger partial charge < -0.3 is 8.85 Å². The zero-order valence-corrected chi connectivity index (χ0v) is 20.5. The summed E-state index contributed by atoms with van der Waals surface area (Å²) in [6, 6.07) is 0. The van der Waals surface area contributed by atoms with Gasteiger partial charge in [0.25, 0.3) is 0 Å². The highest BCUT2D eigenvalue weighted by molar-refractivity contribution is 6.70. The van der Waals surface area contributed by atoms with E-state index in [1.54, 1.807) is 0 Å². The normalized spacial score (nSPS) is 46.3. The Morgan fingerprint density at radius 2 is 1.36 bits per heavy atom. The average molecular weight is 383 g/mol. The van der Waals surface area contributed by atoms with Crippen molar-refractivity contribution in [2.24, 2.45) is 28.6 Å². The third-order valence-corrected chi connectivity index (χ3v) is 9.36. The van der Waals surface area contributed by atoms with Gasteiger partial charge in [0.1, 0.15) is 0 Å². The predicted octanol–water partition coefficient (Wildman–Crippen LogP) is 6.30. The third-order valence-electron chi connectivity index (χ3n) is 7.32. The fourth-order valence-corrected chi connectivity index (χ4v) is 9.27. The Morgan fingerprint density at radius 1 is 0.760 bits per heavy atom. The molecule has 0 amide bonds. The van der Waals surface area contributed by atoms with Crippen molar-refractivity contribution in [1.82, 2.24) is 0 Å². The molecule has 0 aromatic heterocycles. The van der Waals surface area contributed by atoms with Gasteiger partial charge in [0.05, 0.1) is 11.7 Å². The van der Waals surface area contributed by atoms with E-state index in [0.717, 1.165) is 11.8 Å². The van der Waals surface area contributed by atoms with Crippen molar-refractivity contribution >= 4 is 16.6 Å². The highest BCUT2D eigenvalue weighted by Gasteiger charge is 2.69. The highest BCUT2D eigenvalue weighted by Crippen LogP contribution is 2.72. The van der Waals surface area contributed by atoms with Crippen LogP contribution in [0.2, 0.25) is 39.3 Å². The molecule has 0 aromatic carbocycles. The fourth-order valence-electron chi connectivity index (χ4n) is 6.37. The molecule has 0 aromatic rings. The summed E-state index contributed by atoms with van der Waals surface area (Å²) in [5.74, 6) is 2.28. The van der Waals surface area contributed by atoms with E-state index in [2.05, 4.69) is 67.0 Å². The Kier molecular flexibility index (Phi) is 4.57. The van der Waals surface area contributed by atoms with Gasteiger partial charge >= 0.3 is 0 Å². The van der Waals surface area contributed by atoms with Gasteiger partial charge in [-0.3, -0.25) is 0 Å². The summed E-state index contributed by atoms with van der Waals surface area (Å²) in [4.78, 5) is 0. The van der Waals surface area contributed by atoms with Crippen molar-refractivity contribution in [2.75, 3.05) is 0 Å². The molecule has 0 radical (unpaired) electrons. The van der Waals surface area contributed by atoms with E-state index >= 15 is 0 Å². The van der Waals surface area contributed by atoms with Gasteiger partial charge in [-0.15, -0.1) is 0 Å². The van der Waals surface area contributed by atoms with Crippen molar-refractivity contribution in [3.05, 3.63) is 0 Å². The van der Waals surface area contributed by atoms with Crippen molar-refractivity contribution in [3.8, 4) is 0 Å².